The van der Waals surface area contributed by atoms with Gasteiger partial charge in [-0.15, -0.1) is 0 Å². The molecule has 3 nitrogen and oxygen atoms in total. The van der Waals surface area contributed by atoms with E-state index in [1.54, 1.807) is 12.1 Å². The van der Waals surface area contributed by atoms with E-state index in [9.17, 15) is 8.42 Å². The van der Waals surface area contributed by atoms with E-state index in [0.717, 1.165) is 24.0 Å². The molecule has 0 aliphatic carbocycles. The smallest absolute Gasteiger partial charge is 0.232 e. The van der Waals surface area contributed by atoms with Gasteiger partial charge in [0.25, 0.3) is 0 Å². The van der Waals surface area contributed by atoms with Gasteiger partial charge in [0.05, 0.1) is 12.0 Å². The van der Waals surface area contributed by atoms with Crippen molar-refractivity contribution in [2.45, 2.75) is 19.8 Å². The van der Waals surface area contributed by atoms with Gasteiger partial charge in [-0.3, -0.25) is 4.31 Å². The fourth-order valence-corrected chi connectivity index (χ4v) is 3.50. The first-order chi connectivity index (χ1) is 11.4. The molecule has 0 spiro atoms. The molecule has 5 heteroatoms. The van der Waals surface area contributed by atoms with Gasteiger partial charge >= 0.3 is 0 Å². The highest BCUT2D eigenvalue weighted by molar-refractivity contribution is 7.88. The molecule has 0 radical (unpaired) electrons. The van der Waals surface area contributed by atoms with Gasteiger partial charge in [0.2, 0.25) is 10.0 Å². The molecule has 0 N–H and O–H groups in total. The summed E-state index contributed by atoms with van der Waals surface area (Å²) in [6.45, 7) is 2.50. The number of nitrogens with zero attached hydrogens (tertiary/aromatic N) is 1. The highest BCUT2D eigenvalue weighted by Crippen LogP contribution is 2.26. The highest BCUT2D eigenvalue weighted by atomic mass is 35.5. The van der Waals surface area contributed by atoms with Crippen LogP contribution in [0.4, 0.5) is 0 Å². The van der Waals surface area contributed by atoms with Gasteiger partial charge in [-0.1, -0.05) is 67.4 Å². The van der Waals surface area contributed by atoms with Crippen molar-refractivity contribution in [2.24, 2.45) is 0 Å². The third-order valence-electron chi connectivity index (χ3n) is 3.63. The number of unbranched alkanes of at least 4 members (excludes halogenated alkanes) is 1. The summed E-state index contributed by atoms with van der Waals surface area (Å²) in [4.78, 5) is 0. The minimum Gasteiger partial charge on any atom is -0.270 e. The minimum absolute atomic E-state index is 0.455. The highest BCUT2D eigenvalue weighted by Gasteiger charge is 2.20. The minimum atomic E-state index is -3.38. The fraction of sp³-hybridized carbons (Fsp3) is 0.263. The lowest BCUT2D eigenvalue weighted by molar-refractivity contribution is 0.505. The lowest BCUT2D eigenvalue weighted by Gasteiger charge is -2.25. The first kappa shape index (κ1) is 18.6. The zero-order valence-corrected chi connectivity index (χ0v) is 15.5. The maximum atomic E-state index is 12.4. The maximum absolute atomic E-state index is 12.4. The van der Waals surface area contributed by atoms with Crippen LogP contribution in [0, 0.1) is 0 Å². The Bertz CT molecular complexity index is 784. The van der Waals surface area contributed by atoms with Gasteiger partial charge < -0.3 is 0 Å². The summed E-state index contributed by atoms with van der Waals surface area (Å²) < 4.78 is 26.2. The van der Waals surface area contributed by atoms with Crippen molar-refractivity contribution in [3.05, 3.63) is 70.7 Å². The monoisotopic (exact) mass is 363 g/mol. The average molecular weight is 364 g/mol. The Balaban J connectivity index is 2.56. The molecule has 0 bridgehead atoms. The summed E-state index contributed by atoms with van der Waals surface area (Å²) >= 11 is 5.98. The van der Waals surface area contributed by atoms with Crippen LogP contribution < -0.4 is 0 Å². The summed E-state index contributed by atoms with van der Waals surface area (Å²) in [6, 6.07) is 17.0. The Hall–Kier alpha value is -1.78. The lowest BCUT2D eigenvalue weighted by atomic mass is 10.1. The van der Waals surface area contributed by atoms with Crippen molar-refractivity contribution in [2.75, 3.05) is 12.8 Å². The van der Waals surface area contributed by atoms with Gasteiger partial charge in [0.1, 0.15) is 0 Å². The molecule has 0 fully saturated rings. The van der Waals surface area contributed by atoms with E-state index >= 15 is 0 Å². The molecular weight excluding hydrogens is 342 g/mol. The summed E-state index contributed by atoms with van der Waals surface area (Å²) in [7, 11) is -3.38. The second-order valence-corrected chi connectivity index (χ2v) is 7.98. The van der Waals surface area contributed by atoms with E-state index in [4.69, 9.17) is 11.6 Å². The van der Waals surface area contributed by atoms with Gasteiger partial charge in [-0.2, -0.15) is 0 Å². The third-order valence-corrected chi connectivity index (χ3v) is 5.06. The Morgan fingerprint density at radius 2 is 1.71 bits per heavy atom. The van der Waals surface area contributed by atoms with E-state index in [1.165, 1.54) is 10.6 Å². The molecule has 0 saturated heterocycles. The largest absolute Gasteiger partial charge is 0.270 e. The SMILES string of the molecule is CCCCN(/C(=C/c1ccccc1)c1ccc(Cl)cc1)S(C)(=O)=O. The molecule has 0 heterocycles. The van der Waals surface area contributed by atoms with Crippen molar-refractivity contribution < 1.29 is 8.42 Å². The molecule has 0 aliphatic heterocycles. The van der Waals surface area contributed by atoms with Crippen molar-refractivity contribution in [3.8, 4) is 0 Å². The number of sulfonamides is 1. The first-order valence-corrected chi connectivity index (χ1v) is 10.1. The van der Waals surface area contributed by atoms with Gasteiger partial charge in [-0.25, -0.2) is 8.42 Å². The molecule has 2 aromatic carbocycles. The number of rotatable bonds is 7. The maximum Gasteiger partial charge on any atom is 0.232 e. The molecule has 0 aliphatic rings. The normalized spacial score (nSPS) is 12.2. The van der Waals surface area contributed by atoms with Crippen LogP contribution in [-0.4, -0.2) is 25.5 Å². The second-order valence-electron chi connectivity index (χ2n) is 5.64. The molecule has 24 heavy (non-hydrogen) atoms. The zero-order valence-electron chi connectivity index (χ0n) is 13.9. The van der Waals surface area contributed by atoms with Crippen LogP contribution in [0.3, 0.4) is 0 Å². The Labute approximate surface area is 149 Å². The topological polar surface area (TPSA) is 37.4 Å². The number of halogens is 1. The van der Waals surface area contributed by atoms with Crippen LogP contribution >= 0.6 is 11.6 Å². The quantitative estimate of drug-likeness (QED) is 0.656. The van der Waals surface area contributed by atoms with E-state index in [0.29, 0.717) is 17.3 Å². The molecule has 2 rings (SSSR count). The van der Waals surface area contributed by atoms with Crippen LogP contribution in [0.2, 0.25) is 5.02 Å². The van der Waals surface area contributed by atoms with Crippen molar-refractivity contribution in [1.82, 2.24) is 4.31 Å². The molecule has 0 atom stereocenters. The predicted molar refractivity (Wildman–Crippen MR) is 102 cm³/mol. The van der Waals surface area contributed by atoms with Crippen LogP contribution in [0.1, 0.15) is 30.9 Å². The van der Waals surface area contributed by atoms with Crippen molar-refractivity contribution in [3.63, 3.8) is 0 Å². The van der Waals surface area contributed by atoms with Gasteiger partial charge in [-0.05, 0) is 35.8 Å². The number of benzene rings is 2. The van der Waals surface area contributed by atoms with Crippen LogP contribution in [0.5, 0.6) is 0 Å². The number of hydrogen-bond acceptors (Lipinski definition) is 2. The Morgan fingerprint density at radius 1 is 1.08 bits per heavy atom. The lowest BCUT2D eigenvalue weighted by Crippen LogP contribution is -2.29. The summed E-state index contributed by atoms with van der Waals surface area (Å²) in [5.41, 5.74) is 2.44. The summed E-state index contributed by atoms with van der Waals surface area (Å²) in [5, 5.41) is 0.622. The van der Waals surface area contributed by atoms with E-state index < -0.39 is 10.0 Å². The van der Waals surface area contributed by atoms with E-state index in [1.807, 2.05) is 55.5 Å². The molecule has 0 unspecified atom stereocenters. The van der Waals surface area contributed by atoms with Crippen LogP contribution in [0.25, 0.3) is 11.8 Å². The molecule has 0 saturated carbocycles. The van der Waals surface area contributed by atoms with E-state index in [2.05, 4.69) is 0 Å². The summed E-state index contributed by atoms with van der Waals surface area (Å²) in [5.74, 6) is 0. The molecule has 128 valence electrons. The van der Waals surface area contributed by atoms with Crippen LogP contribution in [0.15, 0.2) is 54.6 Å². The van der Waals surface area contributed by atoms with Crippen LogP contribution in [-0.2, 0) is 10.0 Å². The van der Waals surface area contributed by atoms with Gasteiger partial charge in [0.15, 0.2) is 0 Å². The average Bonchev–Trinajstić information content (AvgIpc) is 2.55. The molecular formula is C19H22ClNO2S. The third kappa shape index (κ3) is 5.11. The second kappa shape index (κ2) is 8.36. The van der Waals surface area contributed by atoms with E-state index in [-0.39, 0.29) is 0 Å². The number of hydrogen-bond donors (Lipinski definition) is 0. The predicted octanol–water partition coefficient (Wildman–Crippen LogP) is 4.90. The first-order valence-electron chi connectivity index (χ1n) is 7.92. The zero-order chi connectivity index (χ0) is 17.6. The standard InChI is InChI=1S/C19H22ClNO2S/c1-3-4-14-21(24(2,22)23)19(15-16-8-6-5-7-9-16)17-10-12-18(20)13-11-17/h5-13,15H,3-4,14H2,1-2H3/b19-15+. The van der Waals surface area contributed by atoms with Crippen molar-refractivity contribution in [1.29, 1.82) is 0 Å². The van der Waals surface area contributed by atoms with Gasteiger partial charge in [0, 0.05) is 11.6 Å². The van der Waals surface area contributed by atoms with Crippen molar-refractivity contribution >= 4 is 33.4 Å². The molecule has 2 aromatic rings. The Kier molecular flexibility index (Phi) is 6.46. The molecule has 0 amide bonds. The molecule has 0 aromatic heterocycles. The Morgan fingerprint density at radius 3 is 2.25 bits per heavy atom. The summed E-state index contributed by atoms with van der Waals surface area (Å²) in [6.07, 6.45) is 4.87. The fourth-order valence-electron chi connectivity index (χ4n) is 2.39.